The van der Waals surface area contributed by atoms with Crippen molar-refractivity contribution in [3.8, 4) is 0 Å². The van der Waals surface area contributed by atoms with Crippen molar-refractivity contribution in [3.05, 3.63) is 35.4 Å². The van der Waals surface area contributed by atoms with Crippen LogP contribution in [-0.2, 0) is 0 Å². The average molecular weight is 217 g/mol. The minimum absolute atomic E-state index is 0.478. The fourth-order valence-electron chi connectivity index (χ4n) is 2.57. The summed E-state index contributed by atoms with van der Waals surface area (Å²) < 4.78 is 0. The molecule has 0 aromatic heterocycles. The third-order valence-corrected chi connectivity index (χ3v) is 3.75. The number of benzene rings is 1. The normalized spacial score (nSPS) is 19.4. The smallest absolute Gasteiger partial charge is 0.0297 e. The van der Waals surface area contributed by atoms with Gasteiger partial charge in [-0.1, -0.05) is 31.2 Å². The van der Waals surface area contributed by atoms with Gasteiger partial charge in [-0.3, -0.25) is 0 Å². The Morgan fingerprint density at radius 2 is 2.00 bits per heavy atom. The lowest BCUT2D eigenvalue weighted by Crippen LogP contribution is -2.33. The summed E-state index contributed by atoms with van der Waals surface area (Å²) in [5.74, 6) is 0.941. The van der Waals surface area contributed by atoms with E-state index in [2.05, 4.69) is 50.4 Å². The van der Waals surface area contributed by atoms with Crippen LogP contribution in [0.25, 0.3) is 0 Å². The van der Waals surface area contributed by atoms with E-state index in [9.17, 15) is 0 Å². The van der Waals surface area contributed by atoms with Gasteiger partial charge < -0.3 is 5.32 Å². The number of aryl methyl sites for hydroxylation is 1. The van der Waals surface area contributed by atoms with Crippen LogP contribution in [0.4, 0.5) is 0 Å². The summed E-state index contributed by atoms with van der Waals surface area (Å²) in [7, 11) is 0. The molecule has 1 nitrogen and oxygen atoms in total. The molecular formula is C15H23N. The number of hydrogen-bond acceptors (Lipinski definition) is 1. The quantitative estimate of drug-likeness (QED) is 0.790. The van der Waals surface area contributed by atoms with Gasteiger partial charge in [-0.2, -0.15) is 0 Å². The molecule has 0 saturated heterocycles. The SMILES string of the molecule is CCC(NC(C)c1ccccc1C)C1CC1. The van der Waals surface area contributed by atoms with E-state index < -0.39 is 0 Å². The summed E-state index contributed by atoms with van der Waals surface area (Å²) >= 11 is 0. The van der Waals surface area contributed by atoms with E-state index in [1.54, 1.807) is 0 Å². The van der Waals surface area contributed by atoms with Crippen molar-refractivity contribution in [1.29, 1.82) is 0 Å². The molecule has 1 aromatic rings. The summed E-state index contributed by atoms with van der Waals surface area (Å²) in [6, 6.07) is 9.89. The van der Waals surface area contributed by atoms with Gasteiger partial charge in [-0.15, -0.1) is 0 Å². The zero-order valence-corrected chi connectivity index (χ0v) is 10.7. The van der Waals surface area contributed by atoms with Crippen molar-refractivity contribution in [2.45, 2.75) is 52.1 Å². The topological polar surface area (TPSA) is 12.0 Å². The third kappa shape index (κ3) is 2.65. The standard InChI is InChI=1S/C15H23N/c1-4-15(13-9-10-13)16-12(3)14-8-6-5-7-11(14)2/h5-8,12-13,15-16H,4,9-10H2,1-3H3. The lowest BCUT2D eigenvalue weighted by Gasteiger charge is -2.23. The van der Waals surface area contributed by atoms with E-state index >= 15 is 0 Å². The van der Waals surface area contributed by atoms with Crippen LogP contribution in [0.3, 0.4) is 0 Å². The van der Waals surface area contributed by atoms with Crippen LogP contribution in [0.5, 0.6) is 0 Å². The summed E-state index contributed by atoms with van der Waals surface area (Å²) in [5, 5.41) is 3.79. The van der Waals surface area contributed by atoms with E-state index in [1.807, 2.05) is 0 Å². The Labute approximate surface area is 99.3 Å². The first-order valence-corrected chi connectivity index (χ1v) is 6.54. The van der Waals surface area contributed by atoms with E-state index in [0.717, 1.165) is 12.0 Å². The second kappa shape index (κ2) is 5.01. The molecule has 0 radical (unpaired) electrons. The minimum atomic E-state index is 0.478. The molecule has 88 valence electrons. The fraction of sp³-hybridized carbons (Fsp3) is 0.600. The maximum absolute atomic E-state index is 3.79. The van der Waals surface area contributed by atoms with Crippen LogP contribution in [0, 0.1) is 12.8 Å². The second-order valence-electron chi connectivity index (χ2n) is 5.10. The lowest BCUT2D eigenvalue weighted by atomic mass is 10.0. The van der Waals surface area contributed by atoms with Crippen LogP contribution in [0.2, 0.25) is 0 Å². The summed E-state index contributed by atoms with van der Waals surface area (Å²) in [5.41, 5.74) is 2.84. The van der Waals surface area contributed by atoms with Crippen LogP contribution in [0.15, 0.2) is 24.3 Å². The predicted octanol–water partition coefficient (Wildman–Crippen LogP) is 3.83. The molecule has 1 N–H and O–H groups in total. The molecule has 1 aliphatic rings. The van der Waals surface area contributed by atoms with Crippen molar-refractivity contribution < 1.29 is 0 Å². The Kier molecular flexibility index (Phi) is 3.65. The van der Waals surface area contributed by atoms with Gasteiger partial charge in [0.2, 0.25) is 0 Å². The van der Waals surface area contributed by atoms with Crippen LogP contribution in [0.1, 0.15) is 50.3 Å². The van der Waals surface area contributed by atoms with Crippen molar-refractivity contribution >= 4 is 0 Å². The van der Waals surface area contributed by atoms with Crippen molar-refractivity contribution in [2.24, 2.45) is 5.92 Å². The van der Waals surface area contributed by atoms with E-state index in [0.29, 0.717) is 6.04 Å². The number of hydrogen-bond donors (Lipinski definition) is 1. The van der Waals surface area contributed by atoms with E-state index in [1.165, 1.54) is 30.4 Å². The second-order valence-corrected chi connectivity index (χ2v) is 5.10. The minimum Gasteiger partial charge on any atom is -0.307 e. The zero-order valence-electron chi connectivity index (χ0n) is 10.7. The van der Waals surface area contributed by atoms with Gasteiger partial charge in [0, 0.05) is 12.1 Å². The molecule has 0 heterocycles. The van der Waals surface area contributed by atoms with Gasteiger partial charge in [-0.05, 0) is 50.2 Å². The third-order valence-electron chi connectivity index (χ3n) is 3.75. The summed E-state index contributed by atoms with van der Waals surface area (Å²) in [4.78, 5) is 0. The Morgan fingerprint density at radius 3 is 2.56 bits per heavy atom. The van der Waals surface area contributed by atoms with Crippen molar-refractivity contribution in [2.75, 3.05) is 0 Å². The first kappa shape index (κ1) is 11.7. The molecule has 0 spiro atoms. The van der Waals surface area contributed by atoms with Crippen molar-refractivity contribution in [3.63, 3.8) is 0 Å². The van der Waals surface area contributed by atoms with Gasteiger partial charge in [-0.25, -0.2) is 0 Å². The first-order valence-electron chi connectivity index (χ1n) is 6.54. The highest BCUT2D eigenvalue weighted by molar-refractivity contribution is 5.28. The predicted molar refractivity (Wildman–Crippen MR) is 69.5 cm³/mol. The molecule has 16 heavy (non-hydrogen) atoms. The van der Waals surface area contributed by atoms with Gasteiger partial charge >= 0.3 is 0 Å². The number of rotatable bonds is 5. The lowest BCUT2D eigenvalue weighted by molar-refractivity contribution is 0.404. The van der Waals surface area contributed by atoms with E-state index in [4.69, 9.17) is 0 Å². The molecule has 1 heteroatoms. The molecular weight excluding hydrogens is 194 g/mol. The number of nitrogens with one attached hydrogen (secondary N) is 1. The maximum Gasteiger partial charge on any atom is 0.0297 e. The van der Waals surface area contributed by atoms with E-state index in [-0.39, 0.29) is 0 Å². The molecule has 0 bridgehead atoms. The molecule has 0 aliphatic heterocycles. The fourth-order valence-corrected chi connectivity index (χ4v) is 2.57. The Bertz CT molecular complexity index is 341. The summed E-state index contributed by atoms with van der Waals surface area (Å²) in [6.07, 6.45) is 4.10. The molecule has 1 saturated carbocycles. The maximum atomic E-state index is 3.79. The molecule has 2 rings (SSSR count). The average Bonchev–Trinajstić information content (AvgIpc) is 3.10. The van der Waals surface area contributed by atoms with Gasteiger partial charge in [0.15, 0.2) is 0 Å². The molecule has 1 aromatic carbocycles. The van der Waals surface area contributed by atoms with Gasteiger partial charge in [0.05, 0.1) is 0 Å². The highest BCUT2D eigenvalue weighted by Crippen LogP contribution is 2.35. The monoisotopic (exact) mass is 217 g/mol. The highest BCUT2D eigenvalue weighted by Gasteiger charge is 2.30. The zero-order chi connectivity index (χ0) is 11.5. The first-order chi connectivity index (χ1) is 7.72. The Hall–Kier alpha value is -0.820. The molecule has 2 unspecified atom stereocenters. The largest absolute Gasteiger partial charge is 0.307 e. The Balaban J connectivity index is 2.01. The van der Waals surface area contributed by atoms with Crippen LogP contribution >= 0.6 is 0 Å². The van der Waals surface area contributed by atoms with Crippen LogP contribution < -0.4 is 5.32 Å². The highest BCUT2D eigenvalue weighted by atomic mass is 15.0. The molecule has 1 aliphatic carbocycles. The van der Waals surface area contributed by atoms with Crippen molar-refractivity contribution in [1.82, 2.24) is 5.32 Å². The molecule has 0 amide bonds. The van der Waals surface area contributed by atoms with Gasteiger partial charge in [0.25, 0.3) is 0 Å². The Morgan fingerprint density at radius 1 is 1.31 bits per heavy atom. The summed E-state index contributed by atoms with van der Waals surface area (Å²) in [6.45, 7) is 6.78. The molecule has 1 fully saturated rings. The van der Waals surface area contributed by atoms with Gasteiger partial charge in [0.1, 0.15) is 0 Å². The molecule has 2 atom stereocenters. The van der Waals surface area contributed by atoms with Crippen LogP contribution in [-0.4, -0.2) is 6.04 Å².